The van der Waals surface area contributed by atoms with E-state index in [-0.39, 0.29) is 80.7 Å². The van der Waals surface area contributed by atoms with Gasteiger partial charge in [-0.3, -0.25) is 101 Å². The van der Waals surface area contributed by atoms with Gasteiger partial charge in [-0.15, -0.1) is 0 Å². The second-order valence-corrected chi connectivity index (χ2v) is 35.9. The number of phenols is 1. The fourth-order valence-corrected chi connectivity index (χ4v) is 15.2. The number of benzene rings is 2. The Labute approximate surface area is 848 Å². The number of nitrogens with zero attached hydrogens (tertiary/aromatic N) is 3. The van der Waals surface area contributed by atoms with Crippen LogP contribution in [0.15, 0.2) is 79.6 Å². The van der Waals surface area contributed by atoms with Gasteiger partial charge >= 0.3 is 29.8 Å². The summed E-state index contributed by atoms with van der Waals surface area (Å²) >= 11 is 0. The van der Waals surface area contributed by atoms with Crippen LogP contribution in [0, 0.1) is 11.3 Å². The monoisotopic (exact) mass is 2070 g/mol. The van der Waals surface area contributed by atoms with E-state index < -0.39 is 298 Å². The number of nitrogens with two attached hydrogens (primary N) is 3. The maximum Gasteiger partial charge on any atom is 0.326 e. The molecule has 2 heterocycles. The number of aliphatic hydroxyl groups is 1. The van der Waals surface area contributed by atoms with Crippen molar-refractivity contribution in [3.63, 3.8) is 0 Å². The van der Waals surface area contributed by atoms with Gasteiger partial charge in [-0.05, 0) is 100 Å². The van der Waals surface area contributed by atoms with E-state index in [0.717, 1.165) is 37.0 Å². The van der Waals surface area contributed by atoms with Gasteiger partial charge in [0.1, 0.15) is 90.3 Å². The lowest BCUT2D eigenvalue weighted by atomic mass is 10.00. The first-order chi connectivity index (χ1) is 69.8. The number of guanidine groups is 1. The summed E-state index contributed by atoms with van der Waals surface area (Å²) in [5, 5.41) is 114. The van der Waals surface area contributed by atoms with Gasteiger partial charge in [0.15, 0.2) is 5.96 Å². The number of phenolic OH excluding ortho intramolecular Hbond substituents is 1. The van der Waals surface area contributed by atoms with Crippen LogP contribution in [0.1, 0.15) is 224 Å². The van der Waals surface area contributed by atoms with Crippen LogP contribution in [-0.2, 0) is 126 Å². The number of aromatic amines is 2. The van der Waals surface area contributed by atoms with E-state index in [2.05, 4.69) is 107 Å². The first kappa shape index (κ1) is 124. The molecule has 4 rings (SSSR count). The molecule has 0 aliphatic rings. The Morgan fingerprint density at radius 3 is 1.25 bits per heavy atom. The van der Waals surface area contributed by atoms with Crippen molar-refractivity contribution in [1.82, 2.24) is 105 Å². The predicted octanol–water partition coefficient (Wildman–Crippen LogP) is -3.07. The Hall–Kier alpha value is -15.3. The van der Waals surface area contributed by atoms with E-state index in [0.29, 0.717) is 24.8 Å². The maximum absolute atomic E-state index is 14.9. The highest BCUT2D eigenvalue weighted by atomic mass is 16.4. The number of rotatable bonds is 75. The lowest BCUT2D eigenvalue weighted by Gasteiger charge is -2.29. The predicted molar refractivity (Wildman–Crippen MR) is 525 cm³/mol. The number of likely N-dealkylation sites (N-methyl/N-ethyl adjacent to an activating group) is 1. The van der Waals surface area contributed by atoms with E-state index in [1.165, 1.54) is 116 Å². The topological polar surface area (TPSA) is 843 Å². The number of aromatic hydroxyl groups is 1. The molecule has 0 aliphatic carbocycles. The lowest BCUT2D eigenvalue weighted by Crippen LogP contribution is -2.61. The van der Waals surface area contributed by atoms with Crippen LogP contribution in [-0.4, -0.2) is 309 Å². The van der Waals surface area contributed by atoms with Crippen LogP contribution < -0.4 is 97.0 Å². The standard InChI is InChI=1S/C95H144N24O28/c1-6-7-8-9-10-11-12-13-14-15-16-17-21-29-75(124)119(5)72(47-79(131)132)92(144)106-55(4)81(133)108-63(35-38-76(125)126)85(137)113-67(42-56-25-19-18-20-26-56)88(140)109-61(28-24-41-102-95(98)99)83(135)114-68(44-58-48-100-52-104-58)90(142)115-70(46-78(129)130)91(143)117-71(51-120)82(134)103-50-74(123)107-66(43-57-30-32-60(121)33-31-57)87(139)111-64(36-39-77(127)128)86(138)118-80(54(2)3)93(145)116-69(45-59-49-101-53-105-59)89(141)110-62(34-37-73(97)122)84(136)112-65(94(146)147)27-22-23-40-96/h18-20,25-26,30-33,48-49,52-55,61-72,80,120-121H,6-17,21-24,27-29,34-47,50-51,96H2,1-5H3,(H2,97,122)(H,100,104)(H,101,105)(H,103,134)(H,106,144)(H,107,123)(H,108,133)(H,109,140)(H,110,141)(H,111,139)(H,112,136)(H,113,137)(H,114,135)(H,115,142)(H,116,145)(H,117,143)(H,118,138)(H,125,126)(H,127,128)(H,129,130)(H,131,132)(H,146,147)(H4,98,99,102)/t55-,61-,62-,63-,64-,65-,66-,67-,68-,69-,70-,71-,72-,80-/m0/s1. The van der Waals surface area contributed by atoms with E-state index in [1.54, 1.807) is 30.3 Å². The fraction of sp³-hybridized carbons (Fsp3) is 0.579. The third-order valence-corrected chi connectivity index (χ3v) is 23.5. The highest BCUT2D eigenvalue weighted by Gasteiger charge is 2.40. The number of hydrogen-bond donors (Lipinski definition) is 28. The first-order valence-electron chi connectivity index (χ1n) is 48.8. The molecule has 0 fully saturated rings. The number of hydrogen-bond acceptors (Lipinski definition) is 27. The largest absolute Gasteiger partial charge is 0.508 e. The Balaban J connectivity index is 1.57. The van der Waals surface area contributed by atoms with Crippen molar-refractivity contribution >= 4 is 130 Å². The third kappa shape index (κ3) is 49.2. The second kappa shape index (κ2) is 67.4. The average Bonchev–Trinajstić information content (AvgIpc) is 1.68. The highest BCUT2D eigenvalue weighted by molar-refractivity contribution is 6.02. The zero-order chi connectivity index (χ0) is 109. The molecule has 14 atom stereocenters. The SMILES string of the molecule is CCCCCCCCCCCCCCCC(=O)N(C)[C@@H](CC(=O)O)C(=O)N[C@@H](C)C(=O)N[C@@H](CCC(=O)O)C(=O)N[C@@H](Cc1ccccc1)C(=O)N[C@@H](CCCNC(=N)N)C(=O)N[C@@H](Cc1cnc[nH]1)C(=O)N[C@@H](CC(=O)O)C(=O)N[C@@H](CO)C(=O)NCC(=O)N[C@@H](Cc1ccc(O)cc1)C(=O)N[C@@H](CCC(=O)O)C(=O)N[C@H](C(=O)N[C@@H](Cc1cnc[nH]1)C(=O)N[C@@H](CCC(N)=O)C(=O)N[C@@H](CCCCN)C(=O)O)C(C)C. The summed E-state index contributed by atoms with van der Waals surface area (Å²) in [4.78, 5) is 301. The number of aromatic nitrogens is 4. The zero-order valence-electron chi connectivity index (χ0n) is 83.2. The zero-order valence-corrected chi connectivity index (χ0v) is 83.2. The number of carboxylic acid groups (broad SMARTS) is 5. The number of primary amides is 1. The minimum absolute atomic E-state index is 0.00299. The molecule has 0 saturated carbocycles. The molecular weight excluding hydrogens is 1930 g/mol. The van der Waals surface area contributed by atoms with Crippen molar-refractivity contribution in [2.45, 2.75) is 311 Å². The summed E-state index contributed by atoms with van der Waals surface area (Å²) in [5.74, 6) is -27.2. The van der Waals surface area contributed by atoms with Crippen LogP contribution >= 0.6 is 0 Å². The molecule has 52 nitrogen and oxygen atoms in total. The summed E-state index contributed by atoms with van der Waals surface area (Å²) in [6.45, 7) is 3.95. The van der Waals surface area contributed by atoms with E-state index in [1.807, 2.05) is 0 Å². The van der Waals surface area contributed by atoms with Gasteiger partial charge in [-0.2, -0.15) is 0 Å². The molecule has 31 N–H and O–H groups in total. The van der Waals surface area contributed by atoms with Crippen molar-refractivity contribution in [2.24, 2.45) is 23.1 Å². The Morgan fingerprint density at radius 2 is 0.803 bits per heavy atom. The quantitative estimate of drug-likeness (QED) is 0.0118. The molecule has 0 bridgehead atoms. The number of H-pyrrole nitrogens is 2. The number of unbranched alkanes of at least 4 members (excludes halogenated alkanes) is 13. The molecule has 0 aliphatic heterocycles. The molecule has 0 unspecified atom stereocenters. The smallest absolute Gasteiger partial charge is 0.326 e. The van der Waals surface area contributed by atoms with Crippen molar-refractivity contribution < 1.29 is 136 Å². The first-order valence-corrected chi connectivity index (χ1v) is 48.8. The van der Waals surface area contributed by atoms with Crippen molar-refractivity contribution in [3.8, 4) is 5.75 Å². The molecule has 0 radical (unpaired) electrons. The molecule has 0 spiro atoms. The number of carbonyl (C=O) groups is 21. The van der Waals surface area contributed by atoms with Crippen LogP contribution in [0.2, 0.25) is 0 Å². The van der Waals surface area contributed by atoms with Gasteiger partial charge in [-0.25, -0.2) is 14.8 Å². The summed E-state index contributed by atoms with van der Waals surface area (Å²) in [6, 6.07) is -11.7. The van der Waals surface area contributed by atoms with E-state index >= 15 is 0 Å². The summed E-state index contributed by atoms with van der Waals surface area (Å²) < 4.78 is 0. The van der Waals surface area contributed by atoms with E-state index in [4.69, 9.17) is 22.6 Å². The molecular formula is C95H144N24O28. The number of aliphatic carboxylic acids is 5. The van der Waals surface area contributed by atoms with Crippen LogP contribution in [0.5, 0.6) is 5.75 Å². The molecule has 2 aromatic heterocycles. The molecule has 812 valence electrons. The van der Waals surface area contributed by atoms with Crippen molar-refractivity contribution in [3.05, 3.63) is 102 Å². The second-order valence-electron chi connectivity index (χ2n) is 35.9. The minimum atomic E-state index is -2.20. The lowest BCUT2D eigenvalue weighted by molar-refractivity contribution is -0.146. The Morgan fingerprint density at radius 1 is 0.395 bits per heavy atom. The number of imidazole rings is 2. The molecule has 0 saturated heterocycles. The van der Waals surface area contributed by atoms with Gasteiger partial charge in [-0.1, -0.05) is 140 Å². The molecule has 4 aromatic rings. The number of aliphatic hydroxyl groups excluding tert-OH is 1. The number of carboxylic acids is 5. The molecule has 16 amide bonds. The van der Waals surface area contributed by atoms with Gasteiger partial charge in [0.25, 0.3) is 0 Å². The summed E-state index contributed by atoms with van der Waals surface area (Å²) in [7, 11) is 1.25. The van der Waals surface area contributed by atoms with E-state index in [9.17, 15) is 136 Å². The molecule has 2 aromatic carbocycles. The number of carbonyl (C=O) groups excluding carboxylic acids is 16. The molecule has 147 heavy (non-hydrogen) atoms. The Bertz CT molecular complexity index is 4980. The van der Waals surface area contributed by atoms with Crippen molar-refractivity contribution in [1.29, 1.82) is 5.41 Å². The summed E-state index contributed by atoms with van der Waals surface area (Å²) in [6.07, 6.45) is 11.0. The van der Waals surface area contributed by atoms with Gasteiger partial charge in [0, 0.05) is 88.7 Å². The average molecular weight is 2070 g/mol. The summed E-state index contributed by atoms with van der Waals surface area (Å²) in [5.41, 5.74) is 17.5. The third-order valence-electron chi connectivity index (χ3n) is 23.5. The van der Waals surface area contributed by atoms with Crippen LogP contribution in [0.25, 0.3) is 0 Å². The van der Waals surface area contributed by atoms with Crippen LogP contribution in [0.4, 0.5) is 0 Å². The van der Waals surface area contributed by atoms with Gasteiger partial charge in [0.05, 0.1) is 38.6 Å². The number of nitrogens with one attached hydrogen (secondary N) is 18. The fourth-order valence-electron chi connectivity index (χ4n) is 15.2. The normalized spacial score (nSPS) is 13.9. The number of amides is 16. The minimum Gasteiger partial charge on any atom is -0.508 e. The Kier molecular flexibility index (Phi) is 56.8. The van der Waals surface area contributed by atoms with Gasteiger partial charge in [0.2, 0.25) is 94.5 Å². The highest BCUT2D eigenvalue weighted by Crippen LogP contribution is 2.20. The van der Waals surface area contributed by atoms with Crippen LogP contribution in [0.3, 0.4) is 0 Å². The molecule has 52 heteroatoms. The maximum atomic E-state index is 14.9. The van der Waals surface area contributed by atoms with Gasteiger partial charge < -0.3 is 148 Å². The van der Waals surface area contributed by atoms with Crippen molar-refractivity contribution in [2.75, 3.05) is 33.3 Å².